The maximum absolute atomic E-state index is 11.1. The number of rotatable bonds is 4. The lowest BCUT2D eigenvalue weighted by molar-refractivity contribution is -0.385. The second kappa shape index (κ2) is 9.78. The van der Waals surface area contributed by atoms with Crippen LogP contribution in [0.1, 0.15) is 37.3 Å². The predicted molar refractivity (Wildman–Crippen MR) is 102 cm³/mol. The van der Waals surface area contributed by atoms with Crippen molar-refractivity contribution in [2.45, 2.75) is 31.7 Å². The van der Waals surface area contributed by atoms with Crippen LogP contribution in [0.2, 0.25) is 5.02 Å². The monoisotopic (exact) mass is 395 g/mol. The first-order chi connectivity index (χ1) is 10.7. The van der Waals surface area contributed by atoms with Crippen LogP contribution in [-0.4, -0.2) is 36.0 Å². The van der Waals surface area contributed by atoms with Gasteiger partial charge < -0.3 is 5.32 Å². The second-order valence-electron chi connectivity index (χ2n) is 6.24. The molecule has 1 heterocycles. The fourth-order valence-electron chi connectivity index (χ4n) is 3.85. The summed E-state index contributed by atoms with van der Waals surface area (Å²) in [5, 5.41) is 15.2. The first-order valence-corrected chi connectivity index (χ1v) is 8.43. The van der Waals surface area contributed by atoms with Crippen molar-refractivity contribution in [1.82, 2.24) is 10.2 Å². The summed E-state index contributed by atoms with van der Waals surface area (Å²) < 4.78 is 0. The third-order valence-corrected chi connectivity index (χ3v) is 5.24. The van der Waals surface area contributed by atoms with Crippen molar-refractivity contribution in [3.8, 4) is 0 Å². The summed E-state index contributed by atoms with van der Waals surface area (Å²) in [4.78, 5) is 13.2. The number of hydrogen-bond donors (Lipinski definition) is 1. The highest BCUT2D eigenvalue weighted by Crippen LogP contribution is 2.42. The van der Waals surface area contributed by atoms with E-state index in [1.807, 2.05) is 0 Å². The number of nitro benzene ring substituents is 1. The van der Waals surface area contributed by atoms with Gasteiger partial charge in [-0.15, -0.1) is 24.8 Å². The summed E-state index contributed by atoms with van der Waals surface area (Å²) in [7, 11) is 0. The number of piperazine rings is 1. The molecule has 1 aliphatic heterocycles. The summed E-state index contributed by atoms with van der Waals surface area (Å²) in [6.45, 7) is 3.88. The van der Waals surface area contributed by atoms with Crippen molar-refractivity contribution in [1.29, 1.82) is 0 Å². The van der Waals surface area contributed by atoms with Crippen molar-refractivity contribution in [2.24, 2.45) is 5.92 Å². The molecule has 1 aliphatic carbocycles. The summed E-state index contributed by atoms with van der Waals surface area (Å²) in [6.07, 6.45) is 4.88. The van der Waals surface area contributed by atoms with E-state index >= 15 is 0 Å². The Balaban J connectivity index is 0.00000144. The Morgan fingerprint density at radius 1 is 1.21 bits per heavy atom. The van der Waals surface area contributed by atoms with Crippen molar-refractivity contribution in [3.05, 3.63) is 38.9 Å². The van der Waals surface area contributed by atoms with Gasteiger partial charge in [-0.2, -0.15) is 0 Å². The fourth-order valence-corrected chi connectivity index (χ4v) is 4.08. The van der Waals surface area contributed by atoms with Gasteiger partial charge in [0.15, 0.2) is 0 Å². The molecular weight excluding hydrogens is 373 g/mol. The number of non-ortho nitro benzene ring substituents is 1. The number of nitrogens with one attached hydrogen (secondary N) is 1. The van der Waals surface area contributed by atoms with E-state index in [2.05, 4.69) is 10.2 Å². The summed E-state index contributed by atoms with van der Waals surface area (Å²) in [5.74, 6) is 0.553. The maximum atomic E-state index is 11.1. The molecule has 1 aromatic carbocycles. The number of hydrogen-bond acceptors (Lipinski definition) is 4. The molecule has 0 radical (unpaired) electrons. The van der Waals surface area contributed by atoms with Crippen LogP contribution in [0.25, 0.3) is 0 Å². The number of halogens is 3. The van der Waals surface area contributed by atoms with Gasteiger partial charge in [-0.05, 0) is 30.4 Å². The number of nitro groups is 1. The Kier molecular flexibility index (Phi) is 8.74. The van der Waals surface area contributed by atoms with Crippen molar-refractivity contribution in [2.75, 3.05) is 26.2 Å². The van der Waals surface area contributed by atoms with Gasteiger partial charge >= 0.3 is 0 Å². The highest BCUT2D eigenvalue weighted by atomic mass is 35.5. The Bertz CT molecular complexity index is 547. The Labute approximate surface area is 160 Å². The molecule has 1 N–H and O–H groups in total. The molecule has 8 heteroatoms. The molecule has 0 bridgehead atoms. The van der Waals surface area contributed by atoms with Crippen LogP contribution in [0.15, 0.2) is 18.2 Å². The van der Waals surface area contributed by atoms with Crippen LogP contribution in [0.3, 0.4) is 0 Å². The molecule has 1 saturated carbocycles. The van der Waals surface area contributed by atoms with Crippen LogP contribution < -0.4 is 5.32 Å². The zero-order valence-electron chi connectivity index (χ0n) is 13.4. The SMILES string of the molecule is Cl.Cl.O=[N+]([O-])c1ccc(Cl)c([C@H](C2CCCC2)N2CCNCC2)c1. The van der Waals surface area contributed by atoms with Gasteiger partial charge in [0.1, 0.15) is 0 Å². The van der Waals surface area contributed by atoms with E-state index in [-0.39, 0.29) is 41.5 Å². The first-order valence-electron chi connectivity index (χ1n) is 8.05. The van der Waals surface area contributed by atoms with Gasteiger partial charge in [-0.25, -0.2) is 0 Å². The normalized spacial score (nSPS) is 20.0. The van der Waals surface area contributed by atoms with Gasteiger partial charge in [-0.3, -0.25) is 15.0 Å². The van der Waals surface area contributed by atoms with Crippen molar-refractivity contribution in [3.63, 3.8) is 0 Å². The van der Waals surface area contributed by atoms with E-state index in [1.165, 1.54) is 31.7 Å². The van der Waals surface area contributed by atoms with Crippen LogP contribution in [0.4, 0.5) is 5.69 Å². The molecule has 0 aromatic heterocycles. The topological polar surface area (TPSA) is 58.4 Å². The zero-order chi connectivity index (χ0) is 15.5. The highest BCUT2D eigenvalue weighted by molar-refractivity contribution is 6.31. The van der Waals surface area contributed by atoms with Gasteiger partial charge in [0, 0.05) is 49.4 Å². The summed E-state index contributed by atoms with van der Waals surface area (Å²) >= 11 is 6.43. The average Bonchev–Trinajstić information content (AvgIpc) is 3.04. The molecule has 2 aliphatic rings. The second-order valence-corrected chi connectivity index (χ2v) is 6.65. The maximum Gasteiger partial charge on any atom is 0.269 e. The molecule has 0 amide bonds. The lowest BCUT2D eigenvalue weighted by atomic mass is 9.89. The summed E-state index contributed by atoms with van der Waals surface area (Å²) in [5.41, 5.74) is 1.07. The van der Waals surface area contributed by atoms with Gasteiger partial charge in [0.25, 0.3) is 5.69 Å². The fraction of sp³-hybridized carbons (Fsp3) is 0.625. The Morgan fingerprint density at radius 2 is 1.83 bits per heavy atom. The minimum atomic E-state index is -0.330. The third kappa shape index (κ3) is 4.73. The summed E-state index contributed by atoms with van der Waals surface area (Å²) in [6, 6.07) is 5.07. The third-order valence-electron chi connectivity index (χ3n) is 4.90. The standard InChI is InChI=1S/C16H22ClN3O2.2ClH/c17-15-6-5-13(20(21)22)11-14(15)16(12-3-1-2-4-12)19-9-7-18-8-10-19;;/h5-6,11-12,16,18H,1-4,7-10H2;2*1H/t16-;;/m0../s1. The van der Waals surface area contributed by atoms with Crippen LogP contribution in [0.5, 0.6) is 0 Å². The number of benzene rings is 1. The van der Waals surface area contributed by atoms with Crippen molar-refractivity contribution >= 4 is 42.1 Å². The smallest absolute Gasteiger partial charge is 0.269 e. The van der Waals surface area contributed by atoms with Gasteiger partial charge in [-0.1, -0.05) is 24.4 Å². The minimum Gasteiger partial charge on any atom is -0.314 e. The average molecular weight is 397 g/mol. The zero-order valence-corrected chi connectivity index (χ0v) is 15.8. The van der Waals surface area contributed by atoms with Crippen molar-refractivity contribution < 1.29 is 4.92 Å². The van der Waals surface area contributed by atoms with Gasteiger partial charge in [0.2, 0.25) is 0 Å². The van der Waals surface area contributed by atoms with E-state index in [1.54, 1.807) is 12.1 Å². The first kappa shape index (κ1) is 21.5. The molecule has 0 unspecified atom stereocenters. The lowest BCUT2D eigenvalue weighted by Gasteiger charge is -2.39. The molecule has 136 valence electrons. The highest BCUT2D eigenvalue weighted by Gasteiger charge is 2.33. The van der Waals surface area contributed by atoms with Crippen LogP contribution in [-0.2, 0) is 0 Å². The van der Waals surface area contributed by atoms with E-state index in [4.69, 9.17) is 11.6 Å². The Hall–Kier alpha value is -0.590. The van der Waals surface area contributed by atoms with Crippen LogP contribution >= 0.6 is 36.4 Å². The molecular formula is C16H24Cl3N3O2. The van der Waals surface area contributed by atoms with E-state index in [9.17, 15) is 10.1 Å². The largest absolute Gasteiger partial charge is 0.314 e. The molecule has 2 fully saturated rings. The van der Waals surface area contributed by atoms with E-state index < -0.39 is 0 Å². The van der Waals surface area contributed by atoms with Gasteiger partial charge in [0.05, 0.1) is 4.92 Å². The molecule has 5 nitrogen and oxygen atoms in total. The predicted octanol–water partition coefficient (Wildman–Crippen LogP) is 4.23. The Morgan fingerprint density at radius 3 is 2.42 bits per heavy atom. The number of nitrogens with zero attached hydrogens (tertiary/aromatic N) is 2. The molecule has 24 heavy (non-hydrogen) atoms. The van der Waals surface area contributed by atoms with E-state index in [0.29, 0.717) is 10.9 Å². The van der Waals surface area contributed by atoms with Crippen LogP contribution in [0, 0.1) is 16.0 Å². The minimum absolute atomic E-state index is 0. The quantitative estimate of drug-likeness (QED) is 0.611. The molecule has 0 spiro atoms. The lowest BCUT2D eigenvalue weighted by Crippen LogP contribution is -2.46. The molecule has 1 aromatic rings. The molecule has 1 atom stereocenters. The molecule has 3 rings (SSSR count). The molecule has 1 saturated heterocycles. The van der Waals surface area contributed by atoms with E-state index in [0.717, 1.165) is 31.7 Å².